The molecule has 6 heteroatoms. The van der Waals surface area contributed by atoms with E-state index in [9.17, 15) is 13.2 Å². The molecule has 0 saturated heterocycles. The first-order chi connectivity index (χ1) is 5.02. The quantitative estimate of drug-likeness (QED) is 0.459. The monoisotopic (exact) mass is 203 g/mol. The van der Waals surface area contributed by atoms with E-state index in [1.807, 2.05) is 0 Å². The Balaban J connectivity index is 0. The average molecular weight is 203 g/mol. The zero-order valence-electron chi connectivity index (χ0n) is 7.27. The normalized spacial score (nSPS) is 10.6. The van der Waals surface area contributed by atoms with Crippen LogP contribution in [0, 0.1) is 4.51 Å². The molecule has 1 aromatic rings. The van der Waals surface area contributed by atoms with Crippen molar-refractivity contribution < 1.29 is 44.2 Å². The van der Waals surface area contributed by atoms with E-state index in [0.717, 1.165) is 6.20 Å². The van der Waals surface area contributed by atoms with E-state index in [1.54, 1.807) is 0 Å². The molecule has 0 aliphatic heterocycles. The molecule has 1 rings (SSSR count). The number of H-pyrrole nitrogens is 1. The molecule has 0 aromatic carbocycles. The molecule has 1 heterocycles. The van der Waals surface area contributed by atoms with Crippen molar-refractivity contribution in [2.24, 2.45) is 0 Å². The summed E-state index contributed by atoms with van der Waals surface area (Å²) in [6.07, 6.45) is -2.14. The van der Waals surface area contributed by atoms with Crippen LogP contribution in [-0.4, -0.2) is 4.98 Å². The molecule has 0 amide bonds. The van der Waals surface area contributed by atoms with E-state index in [1.165, 1.54) is 12.3 Å². The number of nitrogens with one attached hydrogen (secondary N) is 1. The van der Waals surface area contributed by atoms with Crippen molar-refractivity contribution in [3.05, 3.63) is 28.5 Å². The molecule has 0 aliphatic carbocycles. The zero-order chi connectivity index (χ0) is 8.48. The van der Waals surface area contributed by atoms with Gasteiger partial charge in [-0.15, -0.1) is 0 Å². The Labute approximate surface area is 95.8 Å². The number of pyridine rings is 1. The zero-order valence-corrected chi connectivity index (χ0v) is 9.09. The van der Waals surface area contributed by atoms with Crippen molar-refractivity contribution in [1.29, 1.82) is 0 Å². The molecule has 12 heavy (non-hydrogen) atoms. The SMILES string of the molecule is FC(F)(F)c1c[nH]ccc1=S.[H-].[Na+]. The standard InChI is InChI=1S/C6H4F3NS.Na.H/c7-6(8,9)4-3-10-2-1-5(4)11;;/h1-3H,(H,10,11);;/q;+1;-1. The maximum Gasteiger partial charge on any atom is 1.00 e. The molecular weight excluding hydrogens is 198 g/mol. The van der Waals surface area contributed by atoms with Crippen LogP contribution in [0.3, 0.4) is 0 Å². The molecule has 0 atom stereocenters. The average Bonchev–Trinajstić information content (AvgIpc) is 1.86. The molecule has 1 nitrogen and oxygen atoms in total. The van der Waals surface area contributed by atoms with Gasteiger partial charge in [-0.3, -0.25) is 0 Å². The van der Waals surface area contributed by atoms with Gasteiger partial charge < -0.3 is 6.41 Å². The fourth-order valence-electron chi connectivity index (χ4n) is 0.638. The molecule has 62 valence electrons. The number of hydrogen-bond donors (Lipinski definition) is 1. The first kappa shape index (κ1) is 12.2. The third-order valence-electron chi connectivity index (χ3n) is 1.13. The van der Waals surface area contributed by atoms with Gasteiger partial charge in [0.15, 0.2) is 0 Å². The Kier molecular flexibility index (Phi) is 4.47. The maximum absolute atomic E-state index is 12.0. The van der Waals surface area contributed by atoms with E-state index < -0.39 is 11.7 Å². The number of aromatic amines is 1. The third-order valence-corrected chi connectivity index (χ3v) is 1.49. The van der Waals surface area contributed by atoms with Crippen molar-refractivity contribution >= 4 is 12.2 Å². The van der Waals surface area contributed by atoms with Crippen LogP contribution in [0.4, 0.5) is 13.2 Å². The van der Waals surface area contributed by atoms with E-state index >= 15 is 0 Å². The Hall–Kier alpha value is 0.160. The molecule has 1 N–H and O–H groups in total. The van der Waals surface area contributed by atoms with Gasteiger partial charge in [0.05, 0.1) is 10.1 Å². The number of halogens is 3. The van der Waals surface area contributed by atoms with Crippen LogP contribution in [0.1, 0.15) is 6.99 Å². The Morgan fingerprint density at radius 1 is 1.42 bits per heavy atom. The summed E-state index contributed by atoms with van der Waals surface area (Å²) < 4.78 is 35.7. The minimum absolute atomic E-state index is 0. The molecule has 0 bridgehead atoms. The fourth-order valence-corrected chi connectivity index (χ4v) is 0.880. The number of aromatic nitrogens is 1. The first-order valence-corrected chi connectivity index (χ1v) is 3.17. The predicted molar refractivity (Wildman–Crippen MR) is 37.7 cm³/mol. The molecule has 0 radical (unpaired) electrons. The summed E-state index contributed by atoms with van der Waals surface area (Å²) in [7, 11) is 0. The Morgan fingerprint density at radius 3 is 2.33 bits per heavy atom. The van der Waals surface area contributed by atoms with Gasteiger partial charge in [-0.1, -0.05) is 12.2 Å². The van der Waals surface area contributed by atoms with Gasteiger partial charge >= 0.3 is 35.7 Å². The summed E-state index contributed by atoms with van der Waals surface area (Å²) in [6, 6.07) is 1.21. The second-order valence-electron chi connectivity index (χ2n) is 1.92. The van der Waals surface area contributed by atoms with E-state index in [0.29, 0.717) is 0 Å². The van der Waals surface area contributed by atoms with Gasteiger partial charge in [-0.2, -0.15) is 13.2 Å². The van der Waals surface area contributed by atoms with Gasteiger partial charge in [-0.25, -0.2) is 0 Å². The molecule has 0 fully saturated rings. The van der Waals surface area contributed by atoms with Crippen molar-refractivity contribution in [2.45, 2.75) is 6.18 Å². The smallest absolute Gasteiger partial charge is 1.00 e. The first-order valence-electron chi connectivity index (χ1n) is 2.76. The van der Waals surface area contributed by atoms with E-state index in [2.05, 4.69) is 17.2 Å². The summed E-state index contributed by atoms with van der Waals surface area (Å²) in [5, 5.41) is 0. The van der Waals surface area contributed by atoms with Crippen LogP contribution in [0.15, 0.2) is 18.5 Å². The molecular formula is C6H5F3NNaS. The summed E-state index contributed by atoms with van der Waals surface area (Å²) in [4.78, 5) is 2.32. The van der Waals surface area contributed by atoms with Crippen LogP contribution < -0.4 is 29.6 Å². The Morgan fingerprint density at radius 2 is 2.00 bits per heavy atom. The summed E-state index contributed by atoms with van der Waals surface area (Å²) in [6.45, 7) is 0. The summed E-state index contributed by atoms with van der Waals surface area (Å²) >= 11 is 4.46. The van der Waals surface area contributed by atoms with E-state index in [-0.39, 0.29) is 35.5 Å². The molecule has 0 aliphatic rings. The van der Waals surface area contributed by atoms with Gasteiger partial charge in [0.2, 0.25) is 0 Å². The fraction of sp³-hybridized carbons (Fsp3) is 0.167. The number of alkyl halides is 3. The second-order valence-corrected chi connectivity index (χ2v) is 2.36. The van der Waals surface area contributed by atoms with E-state index in [4.69, 9.17) is 0 Å². The van der Waals surface area contributed by atoms with Crippen molar-refractivity contribution in [3.63, 3.8) is 0 Å². The largest absolute Gasteiger partial charge is 1.00 e. The maximum atomic E-state index is 12.0. The second kappa shape index (κ2) is 4.41. The number of hydrogen-bond acceptors (Lipinski definition) is 1. The van der Waals surface area contributed by atoms with Crippen LogP contribution in [-0.2, 0) is 6.18 Å². The Bertz CT molecular complexity index is 311. The van der Waals surface area contributed by atoms with Gasteiger partial charge in [0.25, 0.3) is 0 Å². The summed E-state index contributed by atoms with van der Waals surface area (Å²) in [5.41, 5.74) is -0.796. The third kappa shape index (κ3) is 2.90. The van der Waals surface area contributed by atoms with Crippen molar-refractivity contribution in [2.75, 3.05) is 0 Å². The predicted octanol–water partition coefficient (Wildman–Crippen LogP) is -0.121. The van der Waals surface area contributed by atoms with Crippen molar-refractivity contribution in [3.8, 4) is 0 Å². The van der Waals surface area contributed by atoms with Gasteiger partial charge in [0, 0.05) is 12.4 Å². The van der Waals surface area contributed by atoms with Crippen LogP contribution >= 0.6 is 12.2 Å². The van der Waals surface area contributed by atoms with Crippen LogP contribution in [0.5, 0.6) is 0 Å². The molecule has 0 unspecified atom stereocenters. The molecule has 0 saturated carbocycles. The molecule has 0 spiro atoms. The van der Waals surface area contributed by atoms with Crippen LogP contribution in [0.2, 0.25) is 0 Å². The van der Waals surface area contributed by atoms with Gasteiger partial charge in [-0.05, 0) is 6.07 Å². The molecule has 1 aromatic heterocycles. The minimum atomic E-state index is -4.35. The minimum Gasteiger partial charge on any atom is -1.00 e. The summed E-state index contributed by atoms with van der Waals surface area (Å²) in [5.74, 6) is 0. The van der Waals surface area contributed by atoms with Crippen LogP contribution in [0.25, 0.3) is 0 Å². The van der Waals surface area contributed by atoms with Gasteiger partial charge in [0.1, 0.15) is 0 Å². The topological polar surface area (TPSA) is 15.8 Å². The van der Waals surface area contributed by atoms with Crippen molar-refractivity contribution in [1.82, 2.24) is 4.98 Å². The number of rotatable bonds is 0.